The predicted molar refractivity (Wildman–Crippen MR) is 108 cm³/mol. The molecule has 0 aliphatic carbocycles. The summed E-state index contributed by atoms with van der Waals surface area (Å²) in [6, 6.07) is 7.01. The summed E-state index contributed by atoms with van der Waals surface area (Å²) in [7, 11) is 0. The van der Waals surface area contributed by atoms with Crippen molar-refractivity contribution in [2.45, 2.75) is 26.2 Å². The van der Waals surface area contributed by atoms with E-state index in [0.29, 0.717) is 24.6 Å². The number of amides is 1. The predicted octanol–water partition coefficient (Wildman–Crippen LogP) is 2.87. The van der Waals surface area contributed by atoms with Gasteiger partial charge in [-0.1, -0.05) is 5.16 Å². The molecule has 9 nitrogen and oxygen atoms in total. The maximum Gasteiger partial charge on any atom is 0.273 e. The summed E-state index contributed by atoms with van der Waals surface area (Å²) in [5.74, 6) is 3.08. The van der Waals surface area contributed by atoms with E-state index >= 15 is 0 Å². The molecule has 0 bridgehead atoms. The van der Waals surface area contributed by atoms with Crippen LogP contribution in [0, 0.1) is 6.92 Å². The number of aryl methyl sites for hydroxylation is 1. The molecule has 3 aromatic heterocycles. The quantitative estimate of drug-likeness (QED) is 0.587. The Hall–Kier alpha value is -3.36. The van der Waals surface area contributed by atoms with Gasteiger partial charge >= 0.3 is 0 Å². The Balaban J connectivity index is 1.28. The van der Waals surface area contributed by atoms with Gasteiger partial charge in [0.25, 0.3) is 5.91 Å². The molecule has 29 heavy (non-hydrogen) atoms. The third kappa shape index (κ3) is 4.74. The molecule has 1 aliphatic heterocycles. The van der Waals surface area contributed by atoms with Crippen molar-refractivity contribution in [3.8, 4) is 11.5 Å². The molecule has 152 valence electrons. The van der Waals surface area contributed by atoms with Crippen molar-refractivity contribution in [2.24, 2.45) is 0 Å². The van der Waals surface area contributed by atoms with Crippen LogP contribution in [0.15, 0.2) is 39.5 Å². The first kappa shape index (κ1) is 19.0. The average Bonchev–Trinajstić information content (AvgIpc) is 3.43. The number of hydrogen-bond donors (Lipinski definition) is 2. The highest BCUT2D eigenvalue weighted by Crippen LogP contribution is 2.21. The van der Waals surface area contributed by atoms with Crippen LogP contribution in [0.5, 0.6) is 0 Å². The minimum absolute atomic E-state index is 0.210. The van der Waals surface area contributed by atoms with Crippen LogP contribution in [-0.4, -0.2) is 47.2 Å². The lowest BCUT2D eigenvalue weighted by Crippen LogP contribution is -2.31. The van der Waals surface area contributed by atoms with Crippen LogP contribution in [0.25, 0.3) is 11.5 Å². The number of nitrogens with zero attached hydrogens (tertiary/aromatic N) is 4. The van der Waals surface area contributed by atoms with Crippen LogP contribution < -0.4 is 15.5 Å². The zero-order valence-corrected chi connectivity index (χ0v) is 16.4. The molecule has 0 atom stereocenters. The van der Waals surface area contributed by atoms with Crippen molar-refractivity contribution < 1.29 is 13.7 Å². The van der Waals surface area contributed by atoms with Gasteiger partial charge in [-0.25, -0.2) is 9.97 Å². The highest BCUT2D eigenvalue weighted by Gasteiger charge is 2.15. The lowest BCUT2D eigenvalue weighted by atomic mass is 10.1. The topological polar surface area (TPSA) is 109 Å². The van der Waals surface area contributed by atoms with Gasteiger partial charge in [-0.2, -0.15) is 0 Å². The first-order chi connectivity index (χ1) is 14.2. The Morgan fingerprint density at radius 1 is 1.14 bits per heavy atom. The van der Waals surface area contributed by atoms with Crippen LogP contribution in [0.4, 0.5) is 11.6 Å². The first-order valence-electron chi connectivity index (χ1n) is 9.82. The fraction of sp³-hybridized carbons (Fsp3) is 0.400. The minimum atomic E-state index is -0.304. The van der Waals surface area contributed by atoms with Gasteiger partial charge < -0.3 is 24.5 Å². The summed E-state index contributed by atoms with van der Waals surface area (Å²) >= 11 is 0. The van der Waals surface area contributed by atoms with Gasteiger partial charge in [-0.15, -0.1) is 0 Å². The largest absolute Gasteiger partial charge is 0.461 e. The molecule has 0 unspecified atom stereocenters. The van der Waals surface area contributed by atoms with Crippen LogP contribution in [-0.2, 0) is 0 Å². The summed E-state index contributed by atoms with van der Waals surface area (Å²) in [4.78, 5) is 23.5. The molecular weight excluding hydrogens is 372 g/mol. The second-order valence-electron chi connectivity index (χ2n) is 6.94. The Morgan fingerprint density at radius 2 is 2.00 bits per heavy atom. The van der Waals surface area contributed by atoms with E-state index in [4.69, 9.17) is 8.94 Å². The minimum Gasteiger partial charge on any atom is -0.461 e. The van der Waals surface area contributed by atoms with Crippen LogP contribution in [0.1, 0.15) is 35.6 Å². The second-order valence-corrected chi connectivity index (χ2v) is 6.94. The lowest BCUT2D eigenvalue weighted by molar-refractivity contribution is 0.0946. The average molecular weight is 396 g/mol. The van der Waals surface area contributed by atoms with Gasteiger partial charge in [0.15, 0.2) is 11.5 Å². The SMILES string of the molecule is Cc1nc(NCCNC(=O)c2cc(-c3ccco3)on2)cc(N2CCCCC2)n1. The number of anilines is 2. The van der Waals surface area contributed by atoms with Crippen molar-refractivity contribution >= 4 is 17.5 Å². The van der Waals surface area contributed by atoms with E-state index in [-0.39, 0.29) is 11.6 Å². The van der Waals surface area contributed by atoms with Gasteiger partial charge in [0.2, 0.25) is 5.76 Å². The van der Waals surface area contributed by atoms with Crippen molar-refractivity contribution in [1.82, 2.24) is 20.4 Å². The van der Waals surface area contributed by atoms with Crippen molar-refractivity contribution in [3.05, 3.63) is 42.0 Å². The molecule has 0 spiro atoms. The molecule has 1 saturated heterocycles. The molecule has 3 aromatic rings. The summed E-state index contributed by atoms with van der Waals surface area (Å²) in [5, 5.41) is 9.85. The fourth-order valence-electron chi connectivity index (χ4n) is 3.30. The highest BCUT2D eigenvalue weighted by molar-refractivity contribution is 5.92. The third-order valence-corrected chi connectivity index (χ3v) is 4.73. The third-order valence-electron chi connectivity index (χ3n) is 4.73. The molecule has 0 aromatic carbocycles. The number of rotatable bonds is 7. The fourth-order valence-corrected chi connectivity index (χ4v) is 3.30. The summed E-state index contributed by atoms with van der Waals surface area (Å²) < 4.78 is 10.4. The number of piperidine rings is 1. The Bertz CT molecular complexity index is 947. The van der Waals surface area contributed by atoms with Crippen LogP contribution in [0.3, 0.4) is 0 Å². The molecule has 0 radical (unpaired) electrons. The van der Waals surface area contributed by atoms with Gasteiger partial charge in [-0.05, 0) is 38.3 Å². The van der Waals surface area contributed by atoms with E-state index < -0.39 is 0 Å². The Labute approximate surface area is 168 Å². The van der Waals surface area contributed by atoms with Crippen molar-refractivity contribution in [1.29, 1.82) is 0 Å². The number of hydrogen-bond acceptors (Lipinski definition) is 8. The number of aromatic nitrogens is 3. The van der Waals surface area contributed by atoms with E-state index in [1.165, 1.54) is 25.5 Å². The monoisotopic (exact) mass is 396 g/mol. The van der Waals surface area contributed by atoms with Gasteiger partial charge in [0.05, 0.1) is 6.26 Å². The molecule has 2 N–H and O–H groups in total. The molecule has 1 fully saturated rings. The van der Waals surface area contributed by atoms with E-state index in [1.807, 2.05) is 13.0 Å². The molecule has 9 heteroatoms. The summed E-state index contributed by atoms with van der Waals surface area (Å²) in [6.07, 6.45) is 5.21. The summed E-state index contributed by atoms with van der Waals surface area (Å²) in [5.41, 5.74) is 0.210. The maximum absolute atomic E-state index is 12.2. The number of carbonyl (C=O) groups is 1. The Kier molecular flexibility index (Phi) is 5.73. The van der Waals surface area contributed by atoms with E-state index in [1.54, 1.807) is 18.2 Å². The second kappa shape index (κ2) is 8.76. The molecule has 1 aliphatic rings. The van der Waals surface area contributed by atoms with Gasteiger partial charge in [0.1, 0.15) is 17.5 Å². The standard InChI is InChI=1S/C20H24N6O3/c1-14-23-18(13-19(24-14)26-9-3-2-4-10-26)21-7-8-22-20(27)15-12-17(29-25-15)16-6-5-11-28-16/h5-6,11-13H,2-4,7-10H2,1H3,(H,22,27)(H,21,23,24). The van der Waals surface area contributed by atoms with E-state index in [0.717, 1.165) is 30.5 Å². The molecule has 1 amide bonds. The first-order valence-corrected chi connectivity index (χ1v) is 9.82. The zero-order valence-electron chi connectivity index (χ0n) is 16.4. The molecular formula is C20H24N6O3. The van der Waals surface area contributed by atoms with Gasteiger partial charge in [-0.3, -0.25) is 4.79 Å². The van der Waals surface area contributed by atoms with E-state index in [2.05, 4.69) is 30.7 Å². The summed E-state index contributed by atoms with van der Waals surface area (Å²) in [6.45, 7) is 4.91. The zero-order chi connectivity index (χ0) is 20.1. The maximum atomic E-state index is 12.2. The van der Waals surface area contributed by atoms with Crippen LogP contribution in [0.2, 0.25) is 0 Å². The smallest absolute Gasteiger partial charge is 0.273 e. The normalized spacial score (nSPS) is 14.0. The number of furan rings is 1. The molecule has 4 rings (SSSR count). The lowest BCUT2D eigenvalue weighted by Gasteiger charge is -2.28. The number of carbonyl (C=O) groups excluding carboxylic acids is 1. The van der Waals surface area contributed by atoms with Crippen molar-refractivity contribution in [2.75, 3.05) is 36.4 Å². The molecule has 0 saturated carbocycles. The Morgan fingerprint density at radius 3 is 2.79 bits per heavy atom. The van der Waals surface area contributed by atoms with Crippen molar-refractivity contribution in [3.63, 3.8) is 0 Å². The van der Waals surface area contributed by atoms with Gasteiger partial charge in [0, 0.05) is 38.3 Å². The highest BCUT2D eigenvalue weighted by atomic mass is 16.5. The molecule has 4 heterocycles. The van der Waals surface area contributed by atoms with E-state index in [9.17, 15) is 4.79 Å². The number of nitrogens with one attached hydrogen (secondary N) is 2. The van der Waals surface area contributed by atoms with Crippen LogP contribution >= 0.6 is 0 Å².